The zero-order valence-corrected chi connectivity index (χ0v) is 9.36. The predicted octanol–water partition coefficient (Wildman–Crippen LogP) is -0.140. The summed E-state index contributed by atoms with van der Waals surface area (Å²) >= 11 is 0. The number of aliphatic hydroxyl groups is 1. The maximum absolute atomic E-state index is 11.5. The van der Waals surface area contributed by atoms with Gasteiger partial charge in [0.15, 0.2) is 0 Å². The summed E-state index contributed by atoms with van der Waals surface area (Å²) in [6, 6.07) is -0.707. The van der Waals surface area contributed by atoms with E-state index in [4.69, 9.17) is 17.3 Å². The first-order chi connectivity index (χ1) is 7.02. The molecule has 0 aromatic rings. The minimum absolute atomic E-state index is 0.0491. The Morgan fingerprint density at radius 1 is 1.60 bits per heavy atom. The van der Waals surface area contributed by atoms with Crippen LogP contribution in [0.25, 0.3) is 0 Å². The minimum Gasteiger partial charge on any atom is -0.396 e. The maximum Gasteiger partial charge on any atom is 0.238 e. The smallest absolute Gasteiger partial charge is 0.238 e. The molecule has 0 aliphatic carbocycles. The van der Waals surface area contributed by atoms with Crippen LogP contribution in [0.15, 0.2) is 0 Å². The Balaban J connectivity index is 4.17. The Labute approximate surface area is 91.2 Å². The molecular weight excluding hydrogens is 192 g/mol. The zero-order chi connectivity index (χ0) is 11.8. The van der Waals surface area contributed by atoms with Crippen LogP contribution < -0.4 is 11.1 Å². The average molecular weight is 212 g/mol. The van der Waals surface area contributed by atoms with Gasteiger partial charge in [-0.15, -0.1) is 12.3 Å². The standard InChI is InChI=1S/C11H20N2O2/c1-4-5-9(12)11(15)13-10(6-7-14)8(2)3/h1,8-10,14H,5-7,12H2,2-3H3,(H,13,15). The Morgan fingerprint density at radius 3 is 2.60 bits per heavy atom. The van der Waals surface area contributed by atoms with Crippen molar-refractivity contribution in [1.29, 1.82) is 0 Å². The van der Waals surface area contributed by atoms with Crippen molar-refractivity contribution in [3.63, 3.8) is 0 Å². The molecule has 0 spiro atoms. The quantitative estimate of drug-likeness (QED) is 0.536. The molecule has 0 rings (SSSR count). The number of nitrogens with one attached hydrogen (secondary N) is 1. The summed E-state index contributed by atoms with van der Waals surface area (Å²) in [4.78, 5) is 11.5. The Morgan fingerprint density at radius 2 is 2.20 bits per heavy atom. The summed E-state index contributed by atoms with van der Waals surface area (Å²) in [6.07, 6.45) is 5.83. The highest BCUT2D eigenvalue weighted by Gasteiger charge is 2.19. The first kappa shape index (κ1) is 13.9. The van der Waals surface area contributed by atoms with Crippen LogP contribution in [0.4, 0.5) is 0 Å². The topological polar surface area (TPSA) is 75.4 Å². The van der Waals surface area contributed by atoms with Gasteiger partial charge in [-0.05, 0) is 12.3 Å². The van der Waals surface area contributed by atoms with Gasteiger partial charge in [0.25, 0.3) is 0 Å². The SMILES string of the molecule is C#CCC(N)C(=O)NC(CCO)C(C)C. The number of hydrogen-bond acceptors (Lipinski definition) is 3. The molecule has 4 N–H and O–H groups in total. The molecule has 0 aliphatic rings. The second-order valence-electron chi connectivity index (χ2n) is 3.89. The van der Waals surface area contributed by atoms with Gasteiger partial charge >= 0.3 is 0 Å². The third-order valence-electron chi connectivity index (χ3n) is 2.25. The summed E-state index contributed by atoms with van der Waals surface area (Å²) in [5.74, 6) is 2.36. The Hall–Kier alpha value is -1.05. The summed E-state index contributed by atoms with van der Waals surface area (Å²) in [6.45, 7) is 4.01. The van der Waals surface area contributed by atoms with E-state index < -0.39 is 6.04 Å². The first-order valence-electron chi connectivity index (χ1n) is 5.13. The molecule has 0 saturated carbocycles. The maximum atomic E-state index is 11.5. The van der Waals surface area contributed by atoms with Crippen molar-refractivity contribution in [2.45, 2.75) is 38.8 Å². The van der Waals surface area contributed by atoms with Crippen molar-refractivity contribution in [2.24, 2.45) is 11.7 Å². The Bertz CT molecular complexity index is 233. The number of aliphatic hydroxyl groups excluding tert-OH is 1. The molecule has 0 bridgehead atoms. The molecule has 4 heteroatoms. The average Bonchev–Trinajstić information content (AvgIpc) is 2.17. The third kappa shape index (κ3) is 5.40. The van der Waals surface area contributed by atoms with E-state index in [0.717, 1.165) is 0 Å². The van der Waals surface area contributed by atoms with Gasteiger partial charge < -0.3 is 16.2 Å². The van der Waals surface area contributed by atoms with Gasteiger partial charge in [0, 0.05) is 19.1 Å². The van der Waals surface area contributed by atoms with Gasteiger partial charge in [-0.25, -0.2) is 0 Å². The fourth-order valence-corrected chi connectivity index (χ4v) is 1.22. The molecule has 2 unspecified atom stereocenters. The van der Waals surface area contributed by atoms with E-state index in [9.17, 15) is 4.79 Å². The van der Waals surface area contributed by atoms with Crippen LogP contribution in [0, 0.1) is 18.3 Å². The largest absolute Gasteiger partial charge is 0.396 e. The number of rotatable bonds is 6. The van der Waals surface area contributed by atoms with Gasteiger partial charge in [0.2, 0.25) is 5.91 Å². The molecule has 0 aliphatic heterocycles. The van der Waals surface area contributed by atoms with Gasteiger partial charge in [-0.1, -0.05) is 13.8 Å². The number of amides is 1. The normalized spacial score (nSPS) is 14.4. The molecule has 0 radical (unpaired) electrons. The van der Waals surface area contributed by atoms with Crippen molar-refractivity contribution < 1.29 is 9.90 Å². The molecule has 0 heterocycles. The summed E-state index contributed by atoms with van der Waals surface area (Å²) in [7, 11) is 0. The van der Waals surface area contributed by atoms with Gasteiger partial charge in [-0.3, -0.25) is 4.79 Å². The molecule has 0 aromatic heterocycles. The highest BCUT2D eigenvalue weighted by molar-refractivity contribution is 5.82. The monoisotopic (exact) mass is 212 g/mol. The van der Waals surface area contributed by atoms with Crippen LogP contribution in [-0.4, -0.2) is 29.7 Å². The van der Waals surface area contributed by atoms with Crippen LogP contribution in [0.5, 0.6) is 0 Å². The lowest BCUT2D eigenvalue weighted by Crippen LogP contribution is -2.47. The third-order valence-corrected chi connectivity index (χ3v) is 2.25. The van der Waals surface area contributed by atoms with Crippen molar-refractivity contribution in [3.8, 4) is 12.3 Å². The number of carbonyl (C=O) groups is 1. The highest BCUT2D eigenvalue weighted by Crippen LogP contribution is 2.05. The molecular formula is C11H20N2O2. The molecule has 0 aromatic carbocycles. The molecule has 4 nitrogen and oxygen atoms in total. The van der Waals surface area contributed by atoms with Crippen molar-refractivity contribution in [1.82, 2.24) is 5.32 Å². The molecule has 15 heavy (non-hydrogen) atoms. The molecule has 86 valence electrons. The number of carbonyl (C=O) groups excluding carboxylic acids is 1. The second kappa shape index (κ2) is 7.27. The van der Waals surface area contributed by atoms with Crippen LogP contribution in [0.3, 0.4) is 0 Å². The van der Waals surface area contributed by atoms with Gasteiger partial charge in [-0.2, -0.15) is 0 Å². The Kier molecular flexibility index (Phi) is 6.76. The lowest BCUT2D eigenvalue weighted by atomic mass is 10.0. The predicted molar refractivity (Wildman–Crippen MR) is 59.9 cm³/mol. The van der Waals surface area contributed by atoms with Crippen LogP contribution in [0.2, 0.25) is 0 Å². The second-order valence-corrected chi connectivity index (χ2v) is 3.89. The summed E-state index contributed by atoms with van der Waals surface area (Å²) < 4.78 is 0. The van der Waals surface area contributed by atoms with Crippen LogP contribution in [-0.2, 0) is 4.79 Å². The van der Waals surface area contributed by atoms with Gasteiger partial charge in [0.1, 0.15) is 0 Å². The van der Waals surface area contributed by atoms with E-state index in [2.05, 4.69) is 11.2 Å². The van der Waals surface area contributed by atoms with E-state index in [1.54, 1.807) is 0 Å². The fourth-order valence-electron chi connectivity index (χ4n) is 1.22. The number of terminal acetylenes is 1. The van der Waals surface area contributed by atoms with Crippen molar-refractivity contribution >= 4 is 5.91 Å². The molecule has 0 fully saturated rings. The molecule has 0 saturated heterocycles. The zero-order valence-electron chi connectivity index (χ0n) is 9.36. The van der Waals surface area contributed by atoms with E-state index >= 15 is 0 Å². The minimum atomic E-state index is -0.657. The highest BCUT2D eigenvalue weighted by atomic mass is 16.3. The summed E-state index contributed by atoms with van der Waals surface area (Å²) in [5.41, 5.74) is 5.56. The summed E-state index contributed by atoms with van der Waals surface area (Å²) in [5, 5.41) is 11.6. The number of nitrogens with two attached hydrogens (primary N) is 1. The number of hydrogen-bond donors (Lipinski definition) is 3. The van der Waals surface area contributed by atoms with E-state index in [1.165, 1.54) is 0 Å². The van der Waals surface area contributed by atoms with Gasteiger partial charge in [0.05, 0.1) is 6.04 Å². The van der Waals surface area contributed by atoms with E-state index in [-0.39, 0.29) is 30.9 Å². The van der Waals surface area contributed by atoms with Crippen LogP contribution in [0.1, 0.15) is 26.7 Å². The van der Waals surface area contributed by atoms with E-state index in [1.807, 2.05) is 13.8 Å². The van der Waals surface area contributed by atoms with Crippen LogP contribution >= 0.6 is 0 Å². The first-order valence-corrected chi connectivity index (χ1v) is 5.13. The fraction of sp³-hybridized carbons (Fsp3) is 0.727. The lowest BCUT2D eigenvalue weighted by molar-refractivity contribution is -0.123. The lowest BCUT2D eigenvalue weighted by Gasteiger charge is -2.23. The molecule has 1 amide bonds. The van der Waals surface area contributed by atoms with Crippen molar-refractivity contribution in [3.05, 3.63) is 0 Å². The van der Waals surface area contributed by atoms with Crippen molar-refractivity contribution in [2.75, 3.05) is 6.61 Å². The molecule has 2 atom stereocenters. The van der Waals surface area contributed by atoms with E-state index in [0.29, 0.717) is 6.42 Å².